The van der Waals surface area contributed by atoms with E-state index in [1.54, 1.807) is 7.11 Å². The highest BCUT2D eigenvalue weighted by molar-refractivity contribution is 5.26. The lowest BCUT2D eigenvalue weighted by atomic mass is 10.2. The summed E-state index contributed by atoms with van der Waals surface area (Å²) in [6.45, 7) is 5.58. The van der Waals surface area contributed by atoms with Gasteiger partial charge in [-0.2, -0.15) is 0 Å². The Balaban J connectivity index is 2.58. The van der Waals surface area contributed by atoms with Gasteiger partial charge in [-0.3, -0.25) is 0 Å². The smallest absolute Gasteiger partial charge is 0.118 e. The van der Waals surface area contributed by atoms with Crippen molar-refractivity contribution in [3.63, 3.8) is 0 Å². The highest BCUT2D eigenvalue weighted by atomic mass is 16.5. The van der Waals surface area contributed by atoms with Gasteiger partial charge in [-0.15, -0.1) is 0 Å². The molecule has 0 aliphatic carbocycles. The first-order valence-corrected chi connectivity index (χ1v) is 4.37. The van der Waals surface area contributed by atoms with Crippen LogP contribution in [0, 0.1) is 6.92 Å². The molecule has 1 aromatic rings. The van der Waals surface area contributed by atoms with E-state index in [0.29, 0.717) is 0 Å². The summed E-state index contributed by atoms with van der Waals surface area (Å²) in [5.41, 5.74) is 1.28. The van der Waals surface area contributed by atoms with E-state index in [1.165, 1.54) is 5.56 Å². The minimum atomic E-state index is 0.825. The van der Waals surface area contributed by atoms with Crippen LogP contribution < -0.4 is 4.74 Å². The van der Waals surface area contributed by atoms with Crippen molar-refractivity contribution in [3.8, 4) is 5.75 Å². The zero-order valence-corrected chi connectivity index (χ0v) is 8.29. The van der Waals surface area contributed by atoms with Crippen LogP contribution >= 0.6 is 0 Å². The molecule has 0 spiro atoms. The number of hydrogen-bond donors (Lipinski definition) is 0. The van der Waals surface area contributed by atoms with Crippen molar-refractivity contribution in [3.05, 3.63) is 36.8 Å². The van der Waals surface area contributed by atoms with E-state index in [0.717, 1.165) is 18.8 Å². The fraction of sp³-hybridized carbons (Fsp3) is 0.364. The first-order chi connectivity index (χ1) is 6.26. The van der Waals surface area contributed by atoms with Crippen LogP contribution in [0.4, 0.5) is 0 Å². The Kier molecular flexibility index (Phi) is 3.77. The van der Waals surface area contributed by atoms with Crippen LogP contribution in [0.2, 0.25) is 0 Å². The van der Waals surface area contributed by atoms with Crippen LogP contribution in [0.25, 0.3) is 0 Å². The van der Waals surface area contributed by atoms with Crippen LogP contribution in [-0.2, 0) is 6.54 Å². The first-order valence-electron chi connectivity index (χ1n) is 4.37. The van der Waals surface area contributed by atoms with Crippen molar-refractivity contribution < 1.29 is 4.74 Å². The van der Waals surface area contributed by atoms with Gasteiger partial charge in [0.2, 0.25) is 0 Å². The molecule has 13 heavy (non-hydrogen) atoms. The minimum absolute atomic E-state index is 0.825. The second kappa shape index (κ2) is 4.87. The fourth-order valence-corrected chi connectivity index (χ4v) is 1.12. The normalized spacial score (nSPS) is 10.5. The second-order valence-electron chi connectivity index (χ2n) is 3.09. The average Bonchev–Trinajstić information content (AvgIpc) is 2.19. The maximum atomic E-state index is 5.07. The van der Waals surface area contributed by atoms with Crippen molar-refractivity contribution in [2.75, 3.05) is 20.7 Å². The maximum absolute atomic E-state index is 5.07. The van der Waals surface area contributed by atoms with E-state index in [-0.39, 0.29) is 0 Å². The lowest BCUT2D eigenvalue weighted by molar-refractivity contribution is 0.361. The van der Waals surface area contributed by atoms with Crippen LogP contribution in [-0.4, -0.2) is 25.6 Å². The molecule has 1 aromatic carbocycles. The molecule has 71 valence electrons. The summed E-state index contributed by atoms with van der Waals surface area (Å²) in [5.74, 6) is 0.904. The van der Waals surface area contributed by atoms with Gasteiger partial charge in [0, 0.05) is 6.54 Å². The predicted molar refractivity (Wildman–Crippen MR) is 54.7 cm³/mol. The summed E-state index contributed by atoms with van der Waals surface area (Å²) >= 11 is 0. The van der Waals surface area contributed by atoms with Gasteiger partial charge in [-0.05, 0) is 38.2 Å². The Morgan fingerprint density at radius 2 is 1.92 bits per heavy atom. The number of rotatable bonds is 4. The standard InChI is InChI=1S/C11H16NO/c1-4-12(2)9-10-5-7-11(13-3)8-6-10/h5-8H,1,4,9H2,2-3H3. The number of benzene rings is 1. The molecule has 0 atom stereocenters. The molecule has 1 rings (SSSR count). The molecular weight excluding hydrogens is 162 g/mol. The van der Waals surface area contributed by atoms with E-state index in [1.807, 2.05) is 12.1 Å². The zero-order valence-electron chi connectivity index (χ0n) is 8.29. The monoisotopic (exact) mass is 178 g/mol. The van der Waals surface area contributed by atoms with Crippen LogP contribution in [0.1, 0.15) is 5.56 Å². The molecule has 0 aromatic heterocycles. The molecule has 0 saturated carbocycles. The quantitative estimate of drug-likeness (QED) is 0.699. The topological polar surface area (TPSA) is 12.5 Å². The highest BCUT2D eigenvalue weighted by Crippen LogP contribution is 2.12. The summed E-state index contributed by atoms with van der Waals surface area (Å²) in [6.07, 6.45) is 0. The predicted octanol–water partition coefficient (Wildman–Crippen LogP) is 1.96. The third kappa shape index (κ3) is 3.07. The zero-order chi connectivity index (χ0) is 9.68. The summed E-state index contributed by atoms with van der Waals surface area (Å²) in [5, 5.41) is 0. The van der Waals surface area contributed by atoms with Gasteiger partial charge in [-0.25, -0.2) is 0 Å². The van der Waals surface area contributed by atoms with Crippen molar-refractivity contribution in [1.82, 2.24) is 4.90 Å². The molecule has 0 amide bonds. The minimum Gasteiger partial charge on any atom is -0.497 e. The molecule has 0 bridgehead atoms. The molecule has 2 heteroatoms. The molecule has 0 aliphatic heterocycles. The Morgan fingerprint density at radius 3 is 2.38 bits per heavy atom. The molecule has 2 nitrogen and oxygen atoms in total. The van der Waals surface area contributed by atoms with Gasteiger partial charge in [0.05, 0.1) is 7.11 Å². The third-order valence-corrected chi connectivity index (χ3v) is 1.99. The summed E-state index contributed by atoms with van der Waals surface area (Å²) < 4.78 is 5.07. The van der Waals surface area contributed by atoms with Crippen molar-refractivity contribution in [2.24, 2.45) is 0 Å². The number of methoxy groups -OCH3 is 1. The Labute approximate surface area is 80.1 Å². The van der Waals surface area contributed by atoms with Gasteiger partial charge in [0.15, 0.2) is 0 Å². The van der Waals surface area contributed by atoms with Gasteiger partial charge < -0.3 is 9.64 Å². The van der Waals surface area contributed by atoms with Gasteiger partial charge >= 0.3 is 0 Å². The van der Waals surface area contributed by atoms with Crippen molar-refractivity contribution >= 4 is 0 Å². The number of hydrogen-bond acceptors (Lipinski definition) is 2. The van der Waals surface area contributed by atoms with E-state index in [4.69, 9.17) is 4.74 Å². The van der Waals surface area contributed by atoms with Crippen molar-refractivity contribution in [1.29, 1.82) is 0 Å². The summed E-state index contributed by atoms with van der Waals surface area (Å²) in [4.78, 5) is 2.15. The van der Waals surface area contributed by atoms with Crippen LogP contribution in [0.15, 0.2) is 24.3 Å². The SMILES string of the molecule is [CH2]CN(C)Cc1ccc(OC)cc1. The van der Waals surface area contributed by atoms with E-state index >= 15 is 0 Å². The Morgan fingerprint density at radius 1 is 1.31 bits per heavy atom. The van der Waals surface area contributed by atoms with E-state index in [9.17, 15) is 0 Å². The van der Waals surface area contributed by atoms with Gasteiger partial charge in [0.1, 0.15) is 5.75 Å². The molecular formula is C11H16NO. The Hall–Kier alpha value is -1.02. The number of ether oxygens (including phenoxy) is 1. The second-order valence-corrected chi connectivity index (χ2v) is 3.09. The third-order valence-electron chi connectivity index (χ3n) is 1.99. The largest absolute Gasteiger partial charge is 0.497 e. The molecule has 0 fully saturated rings. The van der Waals surface area contributed by atoms with Gasteiger partial charge in [0.25, 0.3) is 0 Å². The van der Waals surface area contributed by atoms with Gasteiger partial charge in [-0.1, -0.05) is 12.1 Å². The van der Waals surface area contributed by atoms with Crippen LogP contribution in [0.3, 0.4) is 0 Å². The first kappa shape index (κ1) is 10.1. The molecule has 0 N–H and O–H groups in total. The Bertz CT molecular complexity index is 243. The number of nitrogens with zero attached hydrogens (tertiary/aromatic N) is 1. The maximum Gasteiger partial charge on any atom is 0.118 e. The average molecular weight is 178 g/mol. The lowest BCUT2D eigenvalue weighted by Crippen LogP contribution is -2.16. The van der Waals surface area contributed by atoms with E-state index in [2.05, 4.69) is 31.0 Å². The van der Waals surface area contributed by atoms with E-state index < -0.39 is 0 Å². The molecule has 0 unspecified atom stereocenters. The van der Waals surface area contributed by atoms with Crippen molar-refractivity contribution in [2.45, 2.75) is 6.54 Å². The molecule has 0 aliphatic rings. The lowest BCUT2D eigenvalue weighted by Gasteiger charge is -2.13. The summed E-state index contributed by atoms with van der Waals surface area (Å²) in [7, 11) is 3.73. The summed E-state index contributed by atoms with van der Waals surface area (Å²) in [6, 6.07) is 8.11. The highest BCUT2D eigenvalue weighted by Gasteiger charge is 1.97. The fourth-order valence-electron chi connectivity index (χ4n) is 1.12. The molecule has 0 heterocycles. The molecule has 0 saturated heterocycles. The molecule has 1 radical (unpaired) electrons. The van der Waals surface area contributed by atoms with Crippen LogP contribution in [0.5, 0.6) is 5.75 Å².